The van der Waals surface area contributed by atoms with Crippen molar-refractivity contribution >= 4 is 5.82 Å². The first-order valence-corrected chi connectivity index (χ1v) is 10.9. The lowest BCUT2D eigenvalue weighted by Gasteiger charge is -2.35. The van der Waals surface area contributed by atoms with Gasteiger partial charge in [0, 0.05) is 63.7 Å². The van der Waals surface area contributed by atoms with E-state index in [9.17, 15) is 4.79 Å². The molecular weight excluding hydrogens is 378 g/mol. The highest BCUT2D eigenvalue weighted by molar-refractivity contribution is 5.42. The average Bonchev–Trinajstić information content (AvgIpc) is 2.72. The Morgan fingerprint density at radius 2 is 1.77 bits per heavy atom. The van der Waals surface area contributed by atoms with Gasteiger partial charge in [-0.05, 0) is 24.7 Å². The summed E-state index contributed by atoms with van der Waals surface area (Å²) in [6.07, 6.45) is 0.983. The second-order valence-electron chi connectivity index (χ2n) is 9.52. The maximum absolute atomic E-state index is 12.2. The van der Waals surface area contributed by atoms with Gasteiger partial charge in [-0.1, -0.05) is 20.8 Å². The molecule has 0 bridgehead atoms. The van der Waals surface area contributed by atoms with Crippen LogP contribution in [-0.4, -0.2) is 76.1 Å². The molecule has 4 rings (SSSR count). The Morgan fingerprint density at radius 1 is 1.00 bits per heavy atom. The number of hydrogen-bond acceptors (Lipinski definition) is 7. The third-order valence-corrected chi connectivity index (χ3v) is 6.08. The van der Waals surface area contributed by atoms with Gasteiger partial charge in [0.15, 0.2) is 5.82 Å². The summed E-state index contributed by atoms with van der Waals surface area (Å²) in [5.74, 6) is 0.986. The van der Waals surface area contributed by atoms with E-state index in [1.807, 2.05) is 6.07 Å². The zero-order valence-corrected chi connectivity index (χ0v) is 18.6. The first-order valence-electron chi connectivity index (χ1n) is 10.9. The maximum Gasteiger partial charge on any atom is 0.266 e. The number of piperazine rings is 1. The molecule has 8 nitrogen and oxygen atoms in total. The topological polar surface area (TPSA) is 70.4 Å². The predicted octanol–water partition coefficient (Wildman–Crippen LogP) is 1.14. The Morgan fingerprint density at radius 3 is 2.50 bits per heavy atom. The zero-order valence-electron chi connectivity index (χ0n) is 18.6. The molecule has 1 saturated heterocycles. The van der Waals surface area contributed by atoms with Crippen molar-refractivity contribution < 1.29 is 0 Å². The van der Waals surface area contributed by atoms with Gasteiger partial charge in [0.25, 0.3) is 5.56 Å². The molecule has 0 amide bonds. The fraction of sp³-hybridized carbons (Fsp3) is 0.636. The summed E-state index contributed by atoms with van der Waals surface area (Å²) >= 11 is 0. The van der Waals surface area contributed by atoms with Crippen molar-refractivity contribution in [3.05, 3.63) is 45.5 Å². The van der Waals surface area contributed by atoms with Crippen LogP contribution in [0.1, 0.15) is 37.7 Å². The van der Waals surface area contributed by atoms with Gasteiger partial charge in [-0.15, -0.1) is 5.10 Å². The summed E-state index contributed by atoms with van der Waals surface area (Å²) in [7, 11) is 2.15. The van der Waals surface area contributed by atoms with Gasteiger partial charge in [0.2, 0.25) is 0 Å². The highest BCUT2D eigenvalue weighted by Crippen LogP contribution is 2.21. The predicted molar refractivity (Wildman–Crippen MR) is 118 cm³/mol. The maximum atomic E-state index is 12.2. The Labute approximate surface area is 178 Å². The molecule has 0 spiro atoms. The van der Waals surface area contributed by atoms with E-state index in [1.54, 1.807) is 10.7 Å². The third-order valence-electron chi connectivity index (χ3n) is 6.08. The molecule has 0 unspecified atom stereocenters. The molecule has 0 saturated carbocycles. The molecule has 162 valence electrons. The van der Waals surface area contributed by atoms with Crippen molar-refractivity contribution in [1.82, 2.24) is 29.8 Å². The molecule has 2 aromatic rings. The summed E-state index contributed by atoms with van der Waals surface area (Å²) in [5.41, 5.74) is 3.30. The molecule has 0 aliphatic carbocycles. The number of nitrogens with zero attached hydrogens (tertiary/aromatic N) is 7. The number of likely N-dealkylation sites (N-methyl/N-ethyl adjacent to an activating group) is 1. The minimum atomic E-state index is -0.0637. The highest BCUT2D eigenvalue weighted by atomic mass is 16.1. The lowest BCUT2D eigenvalue weighted by Crippen LogP contribution is -2.48. The van der Waals surface area contributed by atoms with Gasteiger partial charge in [0.1, 0.15) is 0 Å². The normalized spacial score (nSPS) is 18.5. The number of hydrogen-bond donors (Lipinski definition) is 0. The van der Waals surface area contributed by atoms with Crippen LogP contribution in [0, 0.1) is 0 Å². The lowest BCUT2D eigenvalue weighted by atomic mass is 9.92. The SMILES string of the molecule is CN1CCc2nnc(N3CCN(CCn4nc(C(C)(C)C)ccc4=O)CC3)cc2C1. The van der Waals surface area contributed by atoms with Crippen molar-refractivity contribution in [1.29, 1.82) is 0 Å². The smallest absolute Gasteiger partial charge is 0.266 e. The van der Waals surface area contributed by atoms with Gasteiger partial charge in [0.05, 0.1) is 17.9 Å². The molecular formula is C22H33N7O. The van der Waals surface area contributed by atoms with Crippen molar-refractivity contribution in [2.45, 2.75) is 45.7 Å². The van der Waals surface area contributed by atoms with Gasteiger partial charge in [-0.3, -0.25) is 9.69 Å². The third kappa shape index (κ3) is 4.70. The van der Waals surface area contributed by atoms with Gasteiger partial charge >= 0.3 is 0 Å². The van der Waals surface area contributed by atoms with Crippen LogP contribution in [0.15, 0.2) is 23.0 Å². The number of rotatable bonds is 4. The first kappa shape index (κ1) is 20.9. The second-order valence-corrected chi connectivity index (χ2v) is 9.52. The van der Waals surface area contributed by atoms with Gasteiger partial charge in [-0.25, -0.2) is 4.68 Å². The van der Waals surface area contributed by atoms with Crippen molar-refractivity contribution in [2.75, 3.05) is 51.2 Å². The standard InChI is InChI=1S/C22H33N7O/c1-22(2,3)19-5-6-21(30)29(25-19)14-11-27-9-12-28(13-10-27)20-15-17-16-26(4)8-7-18(17)23-24-20/h5-6,15H,7-14,16H2,1-4H3. The highest BCUT2D eigenvalue weighted by Gasteiger charge is 2.22. The minimum Gasteiger partial charge on any atom is -0.353 e. The molecule has 4 heterocycles. The first-order chi connectivity index (χ1) is 14.3. The van der Waals surface area contributed by atoms with Crippen LogP contribution in [-0.2, 0) is 24.9 Å². The molecule has 30 heavy (non-hydrogen) atoms. The second kappa shape index (κ2) is 8.43. The van der Waals surface area contributed by atoms with Crippen LogP contribution >= 0.6 is 0 Å². The molecule has 0 aromatic carbocycles. The van der Waals surface area contributed by atoms with E-state index < -0.39 is 0 Å². The van der Waals surface area contributed by atoms with Gasteiger partial charge < -0.3 is 9.80 Å². The van der Waals surface area contributed by atoms with Crippen LogP contribution in [0.25, 0.3) is 0 Å². The van der Waals surface area contributed by atoms with E-state index >= 15 is 0 Å². The Kier molecular flexibility index (Phi) is 5.88. The molecule has 2 aliphatic heterocycles. The lowest BCUT2D eigenvalue weighted by molar-refractivity contribution is 0.241. The van der Waals surface area contributed by atoms with Crippen LogP contribution < -0.4 is 10.5 Å². The fourth-order valence-electron chi connectivity index (χ4n) is 4.06. The summed E-state index contributed by atoms with van der Waals surface area (Å²) in [4.78, 5) is 19.3. The molecule has 1 fully saturated rings. The Balaban J connectivity index is 1.34. The van der Waals surface area contributed by atoms with Crippen LogP contribution in [0.5, 0.6) is 0 Å². The van der Waals surface area contributed by atoms with Crippen molar-refractivity contribution in [3.8, 4) is 0 Å². The fourth-order valence-corrected chi connectivity index (χ4v) is 4.06. The summed E-state index contributed by atoms with van der Waals surface area (Å²) in [6, 6.07) is 5.70. The number of fused-ring (bicyclic) bond motifs is 1. The van der Waals surface area contributed by atoms with E-state index in [4.69, 9.17) is 0 Å². The van der Waals surface area contributed by atoms with Gasteiger partial charge in [-0.2, -0.15) is 10.2 Å². The van der Waals surface area contributed by atoms with Crippen LogP contribution in [0.3, 0.4) is 0 Å². The largest absolute Gasteiger partial charge is 0.353 e. The Bertz CT molecular complexity index is 941. The van der Waals surface area contributed by atoms with Crippen molar-refractivity contribution in [2.24, 2.45) is 0 Å². The number of anilines is 1. The molecule has 8 heteroatoms. The summed E-state index contributed by atoms with van der Waals surface area (Å²) in [5, 5.41) is 13.6. The van der Waals surface area contributed by atoms with E-state index in [1.165, 1.54) is 5.56 Å². The van der Waals surface area contributed by atoms with E-state index in [0.29, 0.717) is 6.54 Å². The molecule has 2 aliphatic rings. The van der Waals surface area contributed by atoms with Crippen LogP contribution in [0.4, 0.5) is 5.82 Å². The zero-order chi connectivity index (χ0) is 21.3. The average molecular weight is 412 g/mol. The number of aromatic nitrogens is 4. The molecule has 0 radical (unpaired) electrons. The molecule has 2 aromatic heterocycles. The monoisotopic (exact) mass is 411 g/mol. The van der Waals surface area contributed by atoms with E-state index in [2.05, 4.69) is 63.9 Å². The quantitative estimate of drug-likeness (QED) is 0.747. The summed E-state index contributed by atoms with van der Waals surface area (Å²) < 4.78 is 1.61. The van der Waals surface area contributed by atoms with Crippen molar-refractivity contribution in [3.63, 3.8) is 0 Å². The summed E-state index contributed by atoms with van der Waals surface area (Å²) in [6.45, 7) is 13.5. The van der Waals surface area contributed by atoms with E-state index in [0.717, 1.165) is 69.4 Å². The molecule has 0 atom stereocenters. The molecule has 0 N–H and O–H groups in total. The minimum absolute atomic E-state index is 0.0315. The van der Waals surface area contributed by atoms with E-state index in [-0.39, 0.29) is 11.0 Å². The Hall–Kier alpha value is -2.32. The van der Waals surface area contributed by atoms with Crippen LogP contribution in [0.2, 0.25) is 0 Å².